The summed E-state index contributed by atoms with van der Waals surface area (Å²) in [7, 11) is 3.09. The molecule has 1 heterocycles. The van der Waals surface area contributed by atoms with E-state index in [-0.39, 0.29) is 35.9 Å². The second-order valence-electron chi connectivity index (χ2n) is 6.78. The van der Waals surface area contributed by atoms with Crippen molar-refractivity contribution in [3.8, 4) is 0 Å². The minimum atomic E-state index is -0.345. The third-order valence-corrected chi connectivity index (χ3v) is 4.84. The van der Waals surface area contributed by atoms with E-state index in [1.807, 2.05) is 41.3 Å². The fraction of sp³-hybridized carbons (Fsp3) is 0.318. The molecule has 1 aliphatic rings. The van der Waals surface area contributed by atoms with Crippen LogP contribution in [-0.4, -0.2) is 38.5 Å². The predicted molar refractivity (Wildman–Crippen MR) is 128 cm³/mol. The fourth-order valence-corrected chi connectivity index (χ4v) is 3.18. The Morgan fingerprint density at radius 3 is 2.07 bits per heavy atom. The van der Waals surface area contributed by atoms with E-state index in [2.05, 4.69) is 15.6 Å². The maximum Gasteiger partial charge on any atom is 0.337 e. The van der Waals surface area contributed by atoms with Gasteiger partial charge in [-0.1, -0.05) is 24.3 Å². The number of carbonyl (C=O) groups is 2. The quantitative estimate of drug-likeness (QED) is 0.264. The molecule has 2 aromatic carbocycles. The molecule has 0 bridgehead atoms. The molecule has 1 saturated heterocycles. The van der Waals surface area contributed by atoms with E-state index in [0.29, 0.717) is 31.0 Å². The van der Waals surface area contributed by atoms with Crippen molar-refractivity contribution in [3.05, 3.63) is 65.2 Å². The van der Waals surface area contributed by atoms with Crippen molar-refractivity contribution in [2.45, 2.75) is 25.9 Å². The number of nitrogens with one attached hydrogen (secondary N) is 2. The summed E-state index contributed by atoms with van der Waals surface area (Å²) < 4.78 is 4.70. The molecule has 7 nitrogen and oxygen atoms in total. The molecule has 0 aliphatic carbocycles. The number of hydrogen-bond donors (Lipinski definition) is 2. The highest BCUT2D eigenvalue weighted by Gasteiger charge is 2.21. The molecule has 1 fully saturated rings. The van der Waals surface area contributed by atoms with Gasteiger partial charge in [0.15, 0.2) is 5.96 Å². The normalized spacial score (nSPS) is 13.6. The third kappa shape index (κ3) is 6.19. The van der Waals surface area contributed by atoms with E-state index in [1.165, 1.54) is 7.11 Å². The number of nitrogens with zero attached hydrogens (tertiary/aromatic N) is 2. The first-order valence-electron chi connectivity index (χ1n) is 9.62. The number of hydrogen-bond acceptors (Lipinski definition) is 4. The van der Waals surface area contributed by atoms with Crippen molar-refractivity contribution in [1.82, 2.24) is 10.6 Å². The Labute approximate surface area is 193 Å². The van der Waals surface area contributed by atoms with Crippen molar-refractivity contribution in [2.24, 2.45) is 4.99 Å². The number of anilines is 1. The molecule has 3 rings (SSSR count). The smallest absolute Gasteiger partial charge is 0.337 e. The van der Waals surface area contributed by atoms with Crippen LogP contribution < -0.4 is 15.5 Å². The van der Waals surface area contributed by atoms with Gasteiger partial charge in [0.1, 0.15) is 0 Å². The van der Waals surface area contributed by atoms with E-state index < -0.39 is 0 Å². The average Bonchev–Trinajstić information content (AvgIpc) is 3.20. The zero-order valence-electron chi connectivity index (χ0n) is 17.2. The summed E-state index contributed by atoms with van der Waals surface area (Å²) in [6.45, 7) is 2.00. The molecule has 2 N–H and O–H groups in total. The Morgan fingerprint density at radius 1 is 1.03 bits per heavy atom. The standard InChI is InChI=1S/C22H26N4O3.HI/c1-23-22(24-14-16-5-9-18(10-6-16)21(28)29-2)25-15-17-7-11-19(12-8-17)26-13-3-4-20(26)27;/h5-12H,3-4,13-15H2,1-2H3,(H2,23,24,25);1H. The predicted octanol–water partition coefficient (Wildman–Crippen LogP) is 3.08. The molecule has 8 heteroatoms. The van der Waals surface area contributed by atoms with Crippen molar-refractivity contribution >= 4 is 47.5 Å². The van der Waals surface area contributed by atoms with Gasteiger partial charge in [-0.05, 0) is 41.8 Å². The van der Waals surface area contributed by atoms with Crippen molar-refractivity contribution in [2.75, 3.05) is 25.6 Å². The van der Waals surface area contributed by atoms with Crippen molar-refractivity contribution in [3.63, 3.8) is 0 Å². The summed E-state index contributed by atoms with van der Waals surface area (Å²) in [5.41, 5.74) is 3.61. The van der Waals surface area contributed by atoms with Crippen LogP contribution in [0.1, 0.15) is 34.3 Å². The van der Waals surface area contributed by atoms with Crippen LogP contribution in [0.3, 0.4) is 0 Å². The number of carbonyl (C=O) groups excluding carboxylic acids is 2. The molecule has 1 amide bonds. The number of amides is 1. The molecule has 0 saturated carbocycles. The maximum atomic E-state index is 11.8. The van der Waals surface area contributed by atoms with Crippen LogP contribution in [0, 0.1) is 0 Å². The second kappa shape index (κ2) is 11.5. The first kappa shape index (κ1) is 23.7. The number of halogens is 1. The summed E-state index contributed by atoms with van der Waals surface area (Å²) in [6, 6.07) is 15.3. The summed E-state index contributed by atoms with van der Waals surface area (Å²) in [6.07, 6.45) is 1.56. The lowest BCUT2D eigenvalue weighted by atomic mass is 10.1. The van der Waals surface area contributed by atoms with E-state index >= 15 is 0 Å². The van der Waals surface area contributed by atoms with Crippen LogP contribution in [0.2, 0.25) is 0 Å². The largest absolute Gasteiger partial charge is 0.465 e. The topological polar surface area (TPSA) is 83.0 Å². The Balaban J connectivity index is 0.00000320. The molecule has 0 spiro atoms. The molecule has 0 radical (unpaired) electrons. The number of ether oxygens (including phenoxy) is 1. The third-order valence-electron chi connectivity index (χ3n) is 4.84. The first-order chi connectivity index (χ1) is 14.1. The van der Waals surface area contributed by atoms with Gasteiger partial charge in [-0.2, -0.15) is 0 Å². The SMILES string of the molecule is CN=C(NCc1ccc(C(=O)OC)cc1)NCc1ccc(N2CCCC2=O)cc1.I. The summed E-state index contributed by atoms with van der Waals surface area (Å²) in [5.74, 6) is 0.531. The molecule has 1 aliphatic heterocycles. The van der Waals surface area contributed by atoms with Crippen LogP contribution in [0.5, 0.6) is 0 Å². The minimum Gasteiger partial charge on any atom is -0.465 e. The number of methoxy groups -OCH3 is 1. The average molecular weight is 522 g/mol. The molecule has 2 aromatic rings. The Hall–Kier alpha value is -2.62. The van der Waals surface area contributed by atoms with Gasteiger partial charge >= 0.3 is 5.97 Å². The van der Waals surface area contributed by atoms with Gasteiger partial charge in [0.2, 0.25) is 5.91 Å². The van der Waals surface area contributed by atoms with E-state index in [4.69, 9.17) is 4.74 Å². The van der Waals surface area contributed by atoms with Crippen LogP contribution >= 0.6 is 24.0 Å². The number of benzene rings is 2. The van der Waals surface area contributed by atoms with Gasteiger partial charge in [-0.25, -0.2) is 4.79 Å². The fourth-order valence-electron chi connectivity index (χ4n) is 3.18. The summed E-state index contributed by atoms with van der Waals surface area (Å²) in [4.78, 5) is 29.4. The molecular formula is C22H27IN4O3. The van der Waals surface area contributed by atoms with E-state index in [0.717, 1.165) is 29.8 Å². The van der Waals surface area contributed by atoms with E-state index in [1.54, 1.807) is 19.2 Å². The van der Waals surface area contributed by atoms with Gasteiger partial charge in [0.25, 0.3) is 0 Å². The minimum absolute atomic E-state index is 0. The molecule has 0 aromatic heterocycles. The van der Waals surface area contributed by atoms with Gasteiger partial charge < -0.3 is 20.3 Å². The van der Waals surface area contributed by atoms with Gasteiger partial charge in [0.05, 0.1) is 12.7 Å². The van der Waals surface area contributed by atoms with Gasteiger partial charge in [-0.3, -0.25) is 9.79 Å². The monoisotopic (exact) mass is 522 g/mol. The van der Waals surface area contributed by atoms with Gasteiger partial charge in [0, 0.05) is 38.8 Å². The maximum absolute atomic E-state index is 11.8. The lowest BCUT2D eigenvalue weighted by molar-refractivity contribution is -0.117. The summed E-state index contributed by atoms with van der Waals surface area (Å²) in [5, 5.41) is 6.53. The second-order valence-corrected chi connectivity index (χ2v) is 6.78. The summed E-state index contributed by atoms with van der Waals surface area (Å²) >= 11 is 0. The zero-order valence-corrected chi connectivity index (χ0v) is 19.5. The number of rotatable bonds is 6. The van der Waals surface area contributed by atoms with Gasteiger partial charge in [-0.15, -0.1) is 24.0 Å². The highest BCUT2D eigenvalue weighted by Crippen LogP contribution is 2.21. The highest BCUT2D eigenvalue weighted by atomic mass is 127. The molecule has 160 valence electrons. The molecule has 0 atom stereocenters. The molecule has 0 unspecified atom stereocenters. The van der Waals surface area contributed by atoms with Crippen LogP contribution in [0.4, 0.5) is 5.69 Å². The highest BCUT2D eigenvalue weighted by molar-refractivity contribution is 14.0. The lowest BCUT2D eigenvalue weighted by Crippen LogP contribution is -2.36. The van der Waals surface area contributed by atoms with Crippen molar-refractivity contribution in [1.29, 1.82) is 0 Å². The number of guanidine groups is 1. The zero-order chi connectivity index (χ0) is 20.6. The number of esters is 1. The van der Waals surface area contributed by atoms with Crippen LogP contribution in [0.25, 0.3) is 0 Å². The first-order valence-corrected chi connectivity index (χ1v) is 9.62. The van der Waals surface area contributed by atoms with E-state index in [9.17, 15) is 9.59 Å². The molecule has 30 heavy (non-hydrogen) atoms. The Bertz CT molecular complexity index is 882. The number of aliphatic imine (C=N–C) groups is 1. The Morgan fingerprint density at radius 2 is 1.60 bits per heavy atom. The Kier molecular flexibility index (Phi) is 9.10. The lowest BCUT2D eigenvalue weighted by Gasteiger charge is -2.16. The van der Waals surface area contributed by atoms with Crippen molar-refractivity contribution < 1.29 is 14.3 Å². The van der Waals surface area contributed by atoms with Crippen LogP contribution in [0.15, 0.2) is 53.5 Å². The molecular weight excluding hydrogens is 495 g/mol. The van der Waals surface area contributed by atoms with Crippen LogP contribution in [-0.2, 0) is 22.6 Å².